The summed E-state index contributed by atoms with van der Waals surface area (Å²) in [6.45, 7) is 3.75. The number of nitrogens with one attached hydrogen (secondary N) is 1. The summed E-state index contributed by atoms with van der Waals surface area (Å²) in [5.41, 5.74) is 4.99. The molecule has 0 atom stereocenters. The third-order valence-electron chi connectivity index (χ3n) is 1.28. The highest BCUT2D eigenvalue weighted by Crippen LogP contribution is 2.15. The molecule has 0 bridgehead atoms. The van der Waals surface area contributed by atoms with Gasteiger partial charge in [0.15, 0.2) is 5.96 Å². The molecule has 1 aliphatic rings. The molecular weight excluding hydrogens is 130 g/mol. The van der Waals surface area contributed by atoms with Crippen molar-refractivity contribution in [2.24, 2.45) is 10.7 Å². The van der Waals surface area contributed by atoms with Gasteiger partial charge in [-0.25, -0.2) is 4.99 Å². The summed E-state index contributed by atoms with van der Waals surface area (Å²) < 4.78 is 0. The molecule has 1 aliphatic heterocycles. The number of hydrogen-bond acceptors (Lipinski definition) is 3. The molecule has 0 aromatic rings. The van der Waals surface area contributed by atoms with Gasteiger partial charge in [-0.15, -0.1) is 0 Å². The second kappa shape index (κ2) is 1.97. The minimum absolute atomic E-state index is 0.0579. The van der Waals surface area contributed by atoms with E-state index in [9.17, 15) is 4.79 Å². The Morgan fingerprint density at radius 3 is 2.70 bits per heavy atom. The molecule has 0 fully saturated rings. The lowest BCUT2D eigenvalue weighted by molar-refractivity contribution is -0.121. The average molecular weight is 141 g/mol. The summed E-state index contributed by atoms with van der Waals surface area (Å²) in [5.74, 6) is 0.166. The van der Waals surface area contributed by atoms with E-state index in [1.54, 1.807) is 0 Å². The molecule has 1 heterocycles. The van der Waals surface area contributed by atoms with Gasteiger partial charge in [0.25, 0.3) is 0 Å². The average Bonchev–Trinajstić information content (AvgIpc) is 1.54. The molecule has 56 valence electrons. The third-order valence-corrected chi connectivity index (χ3v) is 1.28. The Balaban J connectivity index is 2.83. The molecule has 10 heavy (non-hydrogen) atoms. The Morgan fingerprint density at radius 2 is 2.30 bits per heavy atom. The van der Waals surface area contributed by atoms with E-state index >= 15 is 0 Å². The lowest BCUT2D eigenvalue weighted by Crippen LogP contribution is -2.46. The Hall–Kier alpha value is -1.06. The largest absolute Gasteiger partial charge is 0.370 e. The number of aliphatic imine (C=N–C) groups is 1. The van der Waals surface area contributed by atoms with Gasteiger partial charge in [-0.3, -0.25) is 10.1 Å². The van der Waals surface area contributed by atoms with Crippen LogP contribution in [0.15, 0.2) is 4.99 Å². The fourth-order valence-corrected chi connectivity index (χ4v) is 0.974. The Morgan fingerprint density at radius 1 is 1.70 bits per heavy atom. The van der Waals surface area contributed by atoms with Crippen molar-refractivity contribution in [3.05, 3.63) is 0 Å². The third kappa shape index (κ3) is 1.46. The molecular formula is C6H11N3O. The molecule has 0 aromatic heterocycles. The number of nitrogens with zero attached hydrogens (tertiary/aromatic N) is 1. The number of carbonyl (C=O) groups excluding carboxylic acids is 1. The molecule has 0 spiro atoms. The number of guanidine groups is 1. The van der Waals surface area contributed by atoms with Crippen molar-refractivity contribution in [1.82, 2.24) is 5.32 Å². The van der Waals surface area contributed by atoms with Crippen molar-refractivity contribution in [1.29, 1.82) is 0 Å². The predicted octanol–water partition coefficient (Wildman–Crippen LogP) is -0.400. The van der Waals surface area contributed by atoms with Crippen LogP contribution in [0.4, 0.5) is 0 Å². The van der Waals surface area contributed by atoms with Crippen LogP contribution in [-0.2, 0) is 4.79 Å². The molecule has 0 unspecified atom stereocenters. The molecule has 0 radical (unpaired) electrons. The van der Waals surface area contributed by atoms with Crippen LogP contribution in [0.2, 0.25) is 0 Å². The maximum Gasteiger partial charge on any atom is 0.229 e. The smallest absolute Gasteiger partial charge is 0.229 e. The van der Waals surface area contributed by atoms with Gasteiger partial charge < -0.3 is 5.73 Å². The van der Waals surface area contributed by atoms with Gasteiger partial charge in [0, 0.05) is 0 Å². The number of amides is 1. The van der Waals surface area contributed by atoms with E-state index in [0.717, 1.165) is 0 Å². The van der Waals surface area contributed by atoms with Crippen molar-refractivity contribution in [2.45, 2.75) is 25.8 Å². The topological polar surface area (TPSA) is 67.5 Å². The van der Waals surface area contributed by atoms with Crippen LogP contribution in [-0.4, -0.2) is 17.4 Å². The lowest BCUT2D eigenvalue weighted by Gasteiger charge is -2.24. The van der Waals surface area contributed by atoms with Crippen LogP contribution in [0, 0.1) is 0 Å². The van der Waals surface area contributed by atoms with Crippen molar-refractivity contribution in [3.63, 3.8) is 0 Å². The number of hydrogen-bond donors (Lipinski definition) is 2. The lowest BCUT2D eigenvalue weighted by atomic mass is 10.0. The Kier molecular flexibility index (Phi) is 1.39. The van der Waals surface area contributed by atoms with Gasteiger partial charge in [-0.2, -0.15) is 0 Å². The first-order chi connectivity index (χ1) is 4.49. The summed E-state index contributed by atoms with van der Waals surface area (Å²) in [6.07, 6.45) is 0.410. The van der Waals surface area contributed by atoms with Crippen molar-refractivity contribution in [3.8, 4) is 0 Å². The minimum Gasteiger partial charge on any atom is -0.370 e. The summed E-state index contributed by atoms with van der Waals surface area (Å²) >= 11 is 0. The first-order valence-electron chi connectivity index (χ1n) is 3.15. The van der Waals surface area contributed by atoms with Crippen molar-refractivity contribution >= 4 is 11.9 Å². The normalized spacial score (nSPS) is 23.4. The van der Waals surface area contributed by atoms with Crippen LogP contribution in [0.5, 0.6) is 0 Å². The van der Waals surface area contributed by atoms with Crippen LogP contribution in [0.25, 0.3) is 0 Å². The highest BCUT2D eigenvalue weighted by molar-refractivity contribution is 5.98. The zero-order chi connectivity index (χ0) is 7.78. The summed E-state index contributed by atoms with van der Waals surface area (Å²) in [6, 6.07) is 0. The fourth-order valence-electron chi connectivity index (χ4n) is 0.974. The monoisotopic (exact) mass is 141 g/mol. The molecule has 0 aromatic carbocycles. The zero-order valence-corrected chi connectivity index (χ0v) is 6.14. The second-order valence-electron chi connectivity index (χ2n) is 3.03. The molecule has 4 nitrogen and oxygen atoms in total. The predicted molar refractivity (Wildman–Crippen MR) is 38.5 cm³/mol. The Labute approximate surface area is 59.5 Å². The first kappa shape index (κ1) is 7.05. The molecule has 4 heteroatoms. The van der Waals surface area contributed by atoms with Gasteiger partial charge in [-0.05, 0) is 13.8 Å². The molecule has 3 N–H and O–H groups in total. The van der Waals surface area contributed by atoms with Gasteiger partial charge in [0.1, 0.15) is 0 Å². The number of rotatable bonds is 0. The van der Waals surface area contributed by atoms with E-state index in [1.807, 2.05) is 13.8 Å². The van der Waals surface area contributed by atoms with E-state index in [1.165, 1.54) is 0 Å². The maximum absolute atomic E-state index is 10.8. The van der Waals surface area contributed by atoms with E-state index in [0.29, 0.717) is 6.42 Å². The van der Waals surface area contributed by atoms with Crippen LogP contribution in [0.3, 0.4) is 0 Å². The van der Waals surface area contributed by atoms with E-state index < -0.39 is 0 Å². The fraction of sp³-hybridized carbons (Fsp3) is 0.667. The Bertz CT molecular complexity index is 195. The maximum atomic E-state index is 10.8. The van der Waals surface area contributed by atoms with Gasteiger partial charge in [0.2, 0.25) is 5.91 Å². The van der Waals surface area contributed by atoms with Crippen LogP contribution in [0.1, 0.15) is 20.3 Å². The van der Waals surface area contributed by atoms with E-state index in [4.69, 9.17) is 5.73 Å². The summed E-state index contributed by atoms with van der Waals surface area (Å²) in [4.78, 5) is 14.8. The molecule has 0 saturated carbocycles. The van der Waals surface area contributed by atoms with Gasteiger partial charge >= 0.3 is 0 Å². The molecule has 0 saturated heterocycles. The quantitative estimate of drug-likeness (QED) is 0.482. The first-order valence-corrected chi connectivity index (χ1v) is 3.15. The summed E-state index contributed by atoms with van der Waals surface area (Å²) in [7, 11) is 0. The van der Waals surface area contributed by atoms with Crippen molar-refractivity contribution < 1.29 is 4.79 Å². The van der Waals surface area contributed by atoms with E-state index in [-0.39, 0.29) is 17.4 Å². The summed E-state index contributed by atoms with van der Waals surface area (Å²) in [5, 5.41) is 2.42. The highest BCUT2D eigenvalue weighted by atomic mass is 16.1. The minimum atomic E-state index is -0.327. The van der Waals surface area contributed by atoms with Crippen LogP contribution < -0.4 is 11.1 Å². The number of carbonyl (C=O) groups is 1. The van der Waals surface area contributed by atoms with E-state index in [2.05, 4.69) is 10.3 Å². The SMILES string of the molecule is CC1(C)CC(=O)NC(N)=N1. The number of nitrogens with two attached hydrogens (primary N) is 1. The second-order valence-corrected chi connectivity index (χ2v) is 3.03. The molecule has 1 rings (SSSR count). The molecule has 0 aliphatic carbocycles. The zero-order valence-electron chi connectivity index (χ0n) is 6.14. The highest BCUT2D eigenvalue weighted by Gasteiger charge is 2.25. The van der Waals surface area contributed by atoms with Gasteiger partial charge in [-0.1, -0.05) is 0 Å². The van der Waals surface area contributed by atoms with Gasteiger partial charge in [0.05, 0.1) is 12.0 Å². The van der Waals surface area contributed by atoms with Crippen LogP contribution >= 0.6 is 0 Å². The van der Waals surface area contributed by atoms with Crippen molar-refractivity contribution in [2.75, 3.05) is 0 Å². The standard InChI is InChI=1S/C6H11N3O/c1-6(2)3-4(10)8-5(7)9-6/h3H2,1-2H3,(H3,7,8,9,10). The molecule has 1 amide bonds.